The average Bonchev–Trinajstić information content (AvgIpc) is 3.06. The number of hydrogen-bond acceptors (Lipinski definition) is 3. The van der Waals surface area contributed by atoms with Crippen LogP contribution in [0.1, 0.15) is 34.8 Å². The number of carbonyl (C=O) groups is 1. The lowest BCUT2D eigenvalue weighted by Gasteiger charge is -2.22. The quantitative estimate of drug-likeness (QED) is 0.824. The first-order chi connectivity index (χ1) is 12.0. The molecule has 1 aliphatic heterocycles. The van der Waals surface area contributed by atoms with Gasteiger partial charge in [0.1, 0.15) is 0 Å². The third-order valence-electron chi connectivity index (χ3n) is 5.13. The van der Waals surface area contributed by atoms with Crippen LogP contribution in [-0.2, 0) is 6.54 Å². The summed E-state index contributed by atoms with van der Waals surface area (Å²) < 4.78 is 0. The number of carbonyl (C=O) groups excluding carboxylic acids is 1. The van der Waals surface area contributed by atoms with Crippen molar-refractivity contribution in [2.75, 3.05) is 18.8 Å². The predicted octanol–water partition coefficient (Wildman–Crippen LogP) is 3.22. The maximum atomic E-state index is 12.6. The predicted molar refractivity (Wildman–Crippen MR) is 102 cm³/mol. The first kappa shape index (κ1) is 17.5. The highest BCUT2D eigenvalue weighted by Gasteiger charge is 2.28. The van der Waals surface area contributed by atoms with E-state index >= 15 is 0 Å². The molecule has 1 fully saturated rings. The van der Waals surface area contributed by atoms with Crippen molar-refractivity contribution < 1.29 is 4.79 Å². The van der Waals surface area contributed by atoms with Crippen LogP contribution in [0.2, 0.25) is 0 Å². The Kier molecular flexibility index (Phi) is 5.39. The molecule has 2 aromatic rings. The van der Waals surface area contributed by atoms with Gasteiger partial charge in [-0.3, -0.25) is 9.69 Å². The number of amides is 1. The van der Waals surface area contributed by atoms with Gasteiger partial charge in [0.2, 0.25) is 0 Å². The Morgan fingerprint density at radius 1 is 1.28 bits per heavy atom. The molecule has 0 aromatic heterocycles. The van der Waals surface area contributed by atoms with Crippen molar-refractivity contribution in [3.63, 3.8) is 0 Å². The van der Waals surface area contributed by atoms with E-state index in [0.29, 0.717) is 17.2 Å². The molecular weight excluding hydrogens is 310 g/mol. The molecule has 132 valence electrons. The van der Waals surface area contributed by atoms with E-state index < -0.39 is 0 Å². The van der Waals surface area contributed by atoms with Gasteiger partial charge in [-0.05, 0) is 56.0 Å². The number of nitrogens with two attached hydrogens (primary N) is 1. The Balaban J connectivity index is 1.56. The normalized spacial score (nSPS) is 18.9. The zero-order valence-corrected chi connectivity index (χ0v) is 15.0. The molecule has 1 amide bonds. The third-order valence-corrected chi connectivity index (χ3v) is 5.13. The minimum atomic E-state index is -0.0289. The molecule has 2 aromatic carbocycles. The van der Waals surface area contributed by atoms with Gasteiger partial charge in [0.15, 0.2) is 0 Å². The number of anilines is 1. The second kappa shape index (κ2) is 7.70. The van der Waals surface area contributed by atoms with Crippen molar-refractivity contribution in [1.29, 1.82) is 0 Å². The molecular formula is C21H27N3O. The molecule has 3 rings (SSSR count). The molecule has 4 heteroatoms. The van der Waals surface area contributed by atoms with Crippen LogP contribution in [0, 0.1) is 12.8 Å². The molecule has 2 unspecified atom stereocenters. The summed E-state index contributed by atoms with van der Waals surface area (Å²) in [7, 11) is 0. The molecule has 1 heterocycles. The van der Waals surface area contributed by atoms with Gasteiger partial charge < -0.3 is 11.1 Å². The number of benzene rings is 2. The highest BCUT2D eigenvalue weighted by molar-refractivity contribution is 5.96. The Labute approximate surface area is 150 Å². The fourth-order valence-corrected chi connectivity index (χ4v) is 3.54. The van der Waals surface area contributed by atoms with Crippen LogP contribution in [-0.4, -0.2) is 29.9 Å². The van der Waals surface area contributed by atoms with Crippen LogP contribution >= 0.6 is 0 Å². The van der Waals surface area contributed by atoms with E-state index in [2.05, 4.69) is 41.4 Å². The highest BCUT2D eigenvalue weighted by Crippen LogP contribution is 2.22. The van der Waals surface area contributed by atoms with Gasteiger partial charge in [0, 0.05) is 30.4 Å². The van der Waals surface area contributed by atoms with Gasteiger partial charge >= 0.3 is 0 Å². The van der Waals surface area contributed by atoms with Gasteiger partial charge in [0.05, 0.1) is 0 Å². The van der Waals surface area contributed by atoms with Crippen LogP contribution in [0.4, 0.5) is 5.69 Å². The smallest absolute Gasteiger partial charge is 0.251 e. The lowest BCUT2D eigenvalue weighted by atomic mass is 9.99. The van der Waals surface area contributed by atoms with E-state index in [1.54, 1.807) is 6.07 Å². The number of nitrogens with one attached hydrogen (secondary N) is 1. The summed E-state index contributed by atoms with van der Waals surface area (Å²) in [6.45, 7) is 7.13. The number of rotatable bonds is 5. The van der Waals surface area contributed by atoms with E-state index in [1.807, 2.05) is 25.1 Å². The molecule has 0 bridgehead atoms. The Morgan fingerprint density at radius 2 is 2.04 bits per heavy atom. The second-order valence-electron chi connectivity index (χ2n) is 7.11. The fourth-order valence-electron chi connectivity index (χ4n) is 3.54. The van der Waals surface area contributed by atoms with Crippen LogP contribution in [0.5, 0.6) is 0 Å². The summed E-state index contributed by atoms with van der Waals surface area (Å²) in [6, 6.07) is 16.2. The third kappa shape index (κ3) is 4.40. The summed E-state index contributed by atoms with van der Waals surface area (Å²) in [5.41, 5.74) is 9.42. The number of nitrogen functional groups attached to an aromatic ring is 1. The molecule has 0 radical (unpaired) electrons. The summed E-state index contributed by atoms with van der Waals surface area (Å²) in [4.78, 5) is 15.0. The number of aryl methyl sites for hydroxylation is 1. The molecule has 1 aliphatic rings. The maximum Gasteiger partial charge on any atom is 0.251 e. The topological polar surface area (TPSA) is 58.4 Å². The minimum absolute atomic E-state index is 0.0289. The first-order valence-electron chi connectivity index (χ1n) is 8.96. The summed E-state index contributed by atoms with van der Waals surface area (Å²) in [5, 5.41) is 3.17. The highest BCUT2D eigenvalue weighted by atomic mass is 16.1. The summed E-state index contributed by atoms with van der Waals surface area (Å²) >= 11 is 0. The molecule has 0 spiro atoms. The first-order valence-corrected chi connectivity index (χ1v) is 8.96. The molecule has 0 aliphatic carbocycles. The molecule has 0 saturated carbocycles. The van der Waals surface area contributed by atoms with Crippen molar-refractivity contribution in [1.82, 2.24) is 10.2 Å². The van der Waals surface area contributed by atoms with Crippen LogP contribution in [0.15, 0.2) is 48.5 Å². The molecule has 25 heavy (non-hydrogen) atoms. The van der Waals surface area contributed by atoms with E-state index in [4.69, 9.17) is 5.73 Å². The molecule has 1 saturated heterocycles. The van der Waals surface area contributed by atoms with Gasteiger partial charge in [-0.1, -0.05) is 36.4 Å². The van der Waals surface area contributed by atoms with Gasteiger partial charge in [-0.2, -0.15) is 0 Å². The lowest BCUT2D eigenvalue weighted by molar-refractivity contribution is 0.0926. The monoisotopic (exact) mass is 337 g/mol. The average molecular weight is 337 g/mol. The van der Waals surface area contributed by atoms with Gasteiger partial charge in [-0.15, -0.1) is 0 Å². The number of likely N-dealkylation sites (tertiary alicyclic amines) is 1. The zero-order valence-electron chi connectivity index (χ0n) is 15.0. The van der Waals surface area contributed by atoms with Crippen molar-refractivity contribution in [2.24, 2.45) is 5.92 Å². The Hall–Kier alpha value is -2.33. The standard InChI is InChI=1S/C21H27N3O/c1-15-8-9-19(22)12-20(15)21(25)23-16(2)18-10-11-24(14-18)13-17-6-4-3-5-7-17/h3-9,12,16,18H,10-11,13-14,22H2,1-2H3,(H,23,25). The summed E-state index contributed by atoms with van der Waals surface area (Å²) in [5.74, 6) is 0.452. The second-order valence-corrected chi connectivity index (χ2v) is 7.11. The van der Waals surface area contributed by atoms with Crippen LogP contribution in [0.25, 0.3) is 0 Å². The van der Waals surface area contributed by atoms with E-state index in [9.17, 15) is 4.79 Å². The maximum absolute atomic E-state index is 12.6. The zero-order chi connectivity index (χ0) is 17.8. The van der Waals surface area contributed by atoms with Crippen LogP contribution in [0.3, 0.4) is 0 Å². The van der Waals surface area contributed by atoms with Crippen molar-refractivity contribution in [3.8, 4) is 0 Å². The van der Waals surface area contributed by atoms with Gasteiger partial charge in [-0.25, -0.2) is 0 Å². The van der Waals surface area contributed by atoms with Crippen molar-refractivity contribution >= 4 is 11.6 Å². The SMILES string of the molecule is Cc1ccc(N)cc1C(=O)NC(C)C1CCN(Cc2ccccc2)C1. The lowest BCUT2D eigenvalue weighted by Crippen LogP contribution is -2.39. The number of hydrogen-bond donors (Lipinski definition) is 2. The Bertz CT molecular complexity index is 729. The Morgan fingerprint density at radius 3 is 2.80 bits per heavy atom. The van der Waals surface area contributed by atoms with E-state index in [0.717, 1.165) is 31.6 Å². The van der Waals surface area contributed by atoms with E-state index in [-0.39, 0.29) is 11.9 Å². The molecule has 2 atom stereocenters. The fraction of sp³-hybridized carbons (Fsp3) is 0.381. The largest absolute Gasteiger partial charge is 0.399 e. The minimum Gasteiger partial charge on any atom is -0.399 e. The molecule has 4 nitrogen and oxygen atoms in total. The van der Waals surface area contributed by atoms with Crippen LogP contribution < -0.4 is 11.1 Å². The van der Waals surface area contributed by atoms with Crippen molar-refractivity contribution in [3.05, 3.63) is 65.2 Å². The van der Waals surface area contributed by atoms with E-state index in [1.165, 1.54) is 5.56 Å². The van der Waals surface area contributed by atoms with Gasteiger partial charge in [0.25, 0.3) is 5.91 Å². The number of nitrogens with zero attached hydrogens (tertiary/aromatic N) is 1. The van der Waals surface area contributed by atoms with Crippen molar-refractivity contribution in [2.45, 2.75) is 32.9 Å². The summed E-state index contributed by atoms with van der Waals surface area (Å²) in [6.07, 6.45) is 1.12. The molecule has 3 N–H and O–H groups in total.